The fourth-order valence-corrected chi connectivity index (χ4v) is 4.41. The molecule has 5 heteroatoms. The van der Waals surface area contributed by atoms with Gasteiger partial charge in [-0.15, -0.1) is 0 Å². The van der Waals surface area contributed by atoms with E-state index >= 15 is 0 Å². The van der Waals surface area contributed by atoms with Gasteiger partial charge in [-0.25, -0.2) is 8.42 Å². The summed E-state index contributed by atoms with van der Waals surface area (Å²) in [4.78, 5) is 4.39. The van der Waals surface area contributed by atoms with Crippen molar-refractivity contribution in [2.75, 3.05) is 11.5 Å². The van der Waals surface area contributed by atoms with Gasteiger partial charge < -0.3 is 5.11 Å². The Morgan fingerprint density at radius 1 is 1.26 bits per heavy atom. The first-order valence-electron chi connectivity index (χ1n) is 6.19. The van der Waals surface area contributed by atoms with Gasteiger partial charge in [0.2, 0.25) is 0 Å². The lowest BCUT2D eigenvalue weighted by Crippen LogP contribution is -2.26. The smallest absolute Gasteiger partial charge is 0.153 e. The third kappa shape index (κ3) is 2.24. The van der Waals surface area contributed by atoms with E-state index in [0.717, 1.165) is 16.6 Å². The third-order valence-electron chi connectivity index (χ3n) is 3.65. The van der Waals surface area contributed by atoms with Crippen molar-refractivity contribution in [2.24, 2.45) is 0 Å². The lowest BCUT2D eigenvalue weighted by molar-refractivity contribution is 0.0654. The molecule has 1 aliphatic heterocycles. The minimum absolute atomic E-state index is 0.0493. The highest BCUT2D eigenvalue weighted by molar-refractivity contribution is 7.91. The van der Waals surface area contributed by atoms with Crippen LogP contribution in [0, 0.1) is 6.92 Å². The second kappa shape index (κ2) is 4.02. The van der Waals surface area contributed by atoms with Crippen LogP contribution in [-0.4, -0.2) is 30.0 Å². The summed E-state index contributed by atoms with van der Waals surface area (Å²) in [5, 5.41) is 11.4. The molecule has 0 amide bonds. The zero-order valence-corrected chi connectivity index (χ0v) is 11.4. The van der Waals surface area contributed by atoms with E-state index in [4.69, 9.17) is 0 Å². The molecule has 1 aliphatic rings. The van der Waals surface area contributed by atoms with E-state index in [-0.39, 0.29) is 17.9 Å². The second-order valence-electron chi connectivity index (χ2n) is 5.23. The van der Waals surface area contributed by atoms with E-state index in [2.05, 4.69) is 4.98 Å². The van der Waals surface area contributed by atoms with Gasteiger partial charge in [-0.05, 0) is 37.1 Å². The molecule has 19 heavy (non-hydrogen) atoms. The molecule has 1 N–H and O–H groups in total. The highest BCUT2D eigenvalue weighted by Gasteiger charge is 2.41. The summed E-state index contributed by atoms with van der Waals surface area (Å²) in [5.74, 6) is -0.140. The minimum atomic E-state index is -3.13. The highest BCUT2D eigenvalue weighted by Crippen LogP contribution is 2.34. The molecule has 0 saturated carbocycles. The maximum absolute atomic E-state index is 11.6. The molecule has 2 aromatic rings. The number of benzene rings is 1. The molecule has 2 heterocycles. The van der Waals surface area contributed by atoms with E-state index in [1.165, 1.54) is 0 Å². The van der Waals surface area contributed by atoms with E-state index in [1.54, 1.807) is 6.07 Å². The van der Waals surface area contributed by atoms with Crippen molar-refractivity contribution in [2.45, 2.75) is 18.9 Å². The summed E-state index contributed by atoms with van der Waals surface area (Å²) < 4.78 is 23.1. The normalized spacial score (nSPS) is 25.8. The number of sulfone groups is 1. The van der Waals surface area contributed by atoms with Crippen molar-refractivity contribution < 1.29 is 13.5 Å². The predicted octanol–water partition coefficient (Wildman–Crippen LogP) is 1.55. The van der Waals surface area contributed by atoms with Gasteiger partial charge in [-0.3, -0.25) is 4.98 Å². The molecule has 1 aromatic heterocycles. The Morgan fingerprint density at radius 3 is 2.74 bits per heavy atom. The fraction of sp³-hybridized carbons (Fsp3) is 0.357. The van der Waals surface area contributed by atoms with Gasteiger partial charge >= 0.3 is 0 Å². The van der Waals surface area contributed by atoms with Gasteiger partial charge in [-0.2, -0.15) is 0 Å². The van der Waals surface area contributed by atoms with Crippen molar-refractivity contribution in [1.29, 1.82) is 0 Å². The number of aromatic nitrogens is 1. The molecule has 1 atom stereocenters. The fourth-order valence-electron chi connectivity index (χ4n) is 2.58. The Bertz CT molecular complexity index is 754. The molecular weight excluding hydrogens is 262 g/mol. The van der Waals surface area contributed by atoms with Gasteiger partial charge in [-0.1, -0.05) is 12.1 Å². The number of nitrogens with zero attached hydrogens (tertiary/aromatic N) is 1. The van der Waals surface area contributed by atoms with Crippen LogP contribution in [0.3, 0.4) is 0 Å². The summed E-state index contributed by atoms with van der Waals surface area (Å²) in [6, 6.07) is 9.29. The van der Waals surface area contributed by atoms with E-state index < -0.39 is 15.4 Å². The molecule has 1 unspecified atom stereocenters. The Balaban J connectivity index is 2.09. The van der Waals surface area contributed by atoms with Gasteiger partial charge in [0, 0.05) is 11.1 Å². The predicted molar refractivity (Wildman–Crippen MR) is 73.6 cm³/mol. The molecule has 1 aromatic carbocycles. The average molecular weight is 277 g/mol. The Morgan fingerprint density at radius 2 is 2.05 bits per heavy atom. The Labute approximate surface area is 112 Å². The minimum Gasteiger partial charge on any atom is -0.384 e. The maximum atomic E-state index is 11.6. The monoisotopic (exact) mass is 277 g/mol. The van der Waals surface area contributed by atoms with Crippen LogP contribution in [0.5, 0.6) is 0 Å². The van der Waals surface area contributed by atoms with Crippen molar-refractivity contribution >= 4 is 20.7 Å². The number of pyridine rings is 1. The SMILES string of the molecule is Cc1ccc2cc(C3(O)CCS(=O)(=O)C3)ccc2n1. The number of rotatable bonds is 1. The molecule has 1 saturated heterocycles. The van der Waals surface area contributed by atoms with Crippen molar-refractivity contribution in [1.82, 2.24) is 4.98 Å². The van der Waals surface area contributed by atoms with Crippen LogP contribution in [0.4, 0.5) is 0 Å². The first-order valence-corrected chi connectivity index (χ1v) is 8.01. The maximum Gasteiger partial charge on any atom is 0.153 e. The zero-order valence-electron chi connectivity index (χ0n) is 10.6. The molecule has 1 fully saturated rings. The van der Waals surface area contributed by atoms with Crippen LogP contribution in [0.25, 0.3) is 10.9 Å². The summed E-state index contributed by atoms with van der Waals surface area (Å²) in [6.45, 7) is 1.92. The molecular formula is C14H15NO3S. The van der Waals surface area contributed by atoms with Crippen LogP contribution in [0.2, 0.25) is 0 Å². The van der Waals surface area contributed by atoms with Crippen LogP contribution < -0.4 is 0 Å². The lowest BCUT2D eigenvalue weighted by atomic mass is 9.92. The van der Waals surface area contributed by atoms with E-state index in [1.807, 2.05) is 31.2 Å². The largest absolute Gasteiger partial charge is 0.384 e. The average Bonchev–Trinajstić information content (AvgIpc) is 2.64. The molecule has 3 rings (SSSR count). The topological polar surface area (TPSA) is 67.3 Å². The van der Waals surface area contributed by atoms with Crippen LogP contribution in [0.15, 0.2) is 30.3 Å². The third-order valence-corrected chi connectivity index (χ3v) is 5.39. The van der Waals surface area contributed by atoms with E-state index in [0.29, 0.717) is 5.56 Å². The van der Waals surface area contributed by atoms with Crippen LogP contribution in [0.1, 0.15) is 17.7 Å². The summed E-state index contributed by atoms with van der Waals surface area (Å²) >= 11 is 0. The highest BCUT2D eigenvalue weighted by atomic mass is 32.2. The van der Waals surface area contributed by atoms with Crippen LogP contribution in [-0.2, 0) is 15.4 Å². The Kier molecular flexibility index (Phi) is 2.66. The number of aliphatic hydroxyl groups is 1. The molecule has 4 nitrogen and oxygen atoms in total. The first kappa shape index (κ1) is 12.6. The van der Waals surface area contributed by atoms with Gasteiger partial charge in [0.1, 0.15) is 5.60 Å². The molecule has 0 aliphatic carbocycles. The molecule has 0 radical (unpaired) electrons. The first-order chi connectivity index (χ1) is 8.88. The molecule has 0 spiro atoms. The number of hydrogen-bond donors (Lipinski definition) is 1. The summed E-state index contributed by atoms with van der Waals surface area (Å²) in [5.41, 5.74) is 1.19. The van der Waals surface area contributed by atoms with Gasteiger partial charge in [0.05, 0.1) is 17.0 Å². The van der Waals surface area contributed by atoms with E-state index in [9.17, 15) is 13.5 Å². The molecule has 0 bridgehead atoms. The Hall–Kier alpha value is -1.46. The summed E-state index contributed by atoms with van der Waals surface area (Å²) in [6.07, 6.45) is 0.264. The number of aryl methyl sites for hydroxylation is 1. The van der Waals surface area contributed by atoms with Gasteiger partial charge in [0.15, 0.2) is 9.84 Å². The number of hydrogen-bond acceptors (Lipinski definition) is 4. The standard InChI is InChI=1S/C14H15NO3S/c1-10-2-3-11-8-12(4-5-13(11)15-10)14(16)6-7-19(17,18)9-14/h2-5,8,16H,6-7,9H2,1H3. The summed E-state index contributed by atoms with van der Waals surface area (Å²) in [7, 11) is -3.13. The van der Waals surface area contributed by atoms with Crippen molar-refractivity contribution in [3.05, 3.63) is 41.6 Å². The zero-order chi connectivity index (χ0) is 13.7. The van der Waals surface area contributed by atoms with Crippen molar-refractivity contribution in [3.8, 4) is 0 Å². The second-order valence-corrected chi connectivity index (χ2v) is 7.42. The van der Waals surface area contributed by atoms with Crippen LogP contribution >= 0.6 is 0 Å². The van der Waals surface area contributed by atoms with Gasteiger partial charge in [0.25, 0.3) is 0 Å². The quantitative estimate of drug-likeness (QED) is 0.858. The number of fused-ring (bicyclic) bond motifs is 1. The van der Waals surface area contributed by atoms with Crippen molar-refractivity contribution in [3.63, 3.8) is 0 Å². The lowest BCUT2D eigenvalue weighted by Gasteiger charge is -2.21. The molecule has 100 valence electrons.